The summed E-state index contributed by atoms with van der Waals surface area (Å²) in [5.41, 5.74) is -0.475. The molecule has 0 unspecified atom stereocenters. The topological polar surface area (TPSA) is 66.4 Å². The van der Waals surface area contributed by atoms with Crippen molar-refractivity contribution < 1.29 is 14.7 Å². The largest absolute Gasteiger partial charge is 0.481 e. The number of hydrogen-bond acceptors (Lipinski definition) is 2. The third-order valence-corrected chi connectivity index (χ3v) is 4.96. The van der Waals surface area contributed by atoms with E-state index in [0.717, 1.165) is 38.5 Å². The molecule has 2 saturated carbocycles. The lowest BCUT2D eigenvalue weighted by Gasteiger charge is -2.37. The molecule has 0 bridgehead atoms. The van der Waals surface area contributed by atoms with Crippen molar-refractivity contribution in [3.63, 3.8) is 0 Å². The number of amides is 1. The number of rotatable bonds is 6. The minimum Gasteiger partial charge on any atom is -0.481 e. The average Bonchev–Trinajstić information content (AvgIpc) is 2.89. The lowest BCUT2D eigenvalue weighted by atomic mass is 9.79. The number of carboxylic acid groups (broad SMARTS) is 1. The summed E-state index contributed by atoms with van der Waals surface area (Å²) < 4.78 is 0. The fourth-order valence-electron chi connectivity index (χ4n) is 3.86. The molecule has 2 N–H and O–H groups in total. The Kier molecular flexibility index (Phi) is 5.44. The summed E-state index contributed by atoms with van der Waals surface area (Å²) in [6.45, 7) is 0. The molecule has 2 aliphatic rings. The van der Waals surface area contributed by atoms with Gasteiger partial charge < -0.3 is 10.4 Å². The number of hydrogen-bond donors (Lipinski definition) is 2. The molecular formula is C16H27NO3. The molecule has 4 nitrogen and oxygen atoms in total. The van der Waals surface area contributed by atoms with E-state index in [1.165, 1.54) is 25.7 Å². The van der Waals surface area contributed by atoms with Gasteiger partial charge in [0.15, 0.2) is 0 Å². The van der Waals surface area contributed by atoms with Crippen molar-refractivity contribution in [3.8, 4) is 0 Å². The summed E-state index contributed by atoms with van der Waals surface area (Å²) in [5, 5.41) is 12.2. The second kappa shape index (κ2) is 7.09. The Hall–Kier alpha value is -1.06. The van der Waals surface area contributed by atoms with E-state index in [0.29, 0.717) is 12.3 Å². The van der Waals surface area contributed by atoms with Gasteiger partial charge in [-0.3, -0.25) is 9.59 Å². The second-order valence-electron chi connectivity index (χ2n) is 6.65. The summed E-state index contributed by atoms with van der Waals surface area (Å²) in [6, 6.07) is 0. The highest BCUT2D eigenvalue weighted by Gasteiger charge is 2.35. The maximum Gasteiger partial charge on any atom is 0.305 e. The predicted molar refractivity (Wildman–Crippen MR) is 77.4 cm³/mol. The van der Waals surface area contributed by atoms with Gasteiger partial charge in [-0.05, 0) is 25.2 Å². The number of carbonyl (C=O) groups excluding carboxylic acids is 1. The van der Waals surface area contributed by atoms with E-state index in [2.05, 4.69) is 5.32 Å². The average molecular weight is 281 g/mol. The predicted octanol–water partition coefficient (Wildman–Crippen LogP) is 3.25. The van der Waals surface area contributed by atoms with Crippen LogP contribution < -0.4 is 5.32 Å². The maximum absolute atomic E-state index is 12.2. The van der Waals surface area contributed by atoms with Crippen LogP contribution in [-0.2, 0) is 9.59 Å². The zero-order valence-corrected chi connectivity index (χ0v) is 12.3. The highest BCUT2D eigenvalue weighted by molar-refractivity contribution is 5.78. The van der Waals surface area contributed by atoms with Gasteiger partial charge in [0.1, 0.15) is 0 Å². The quantitative estimate of drug-likeness (QED) is 0.785. The van der Waals surface area contributed by atoms with Crippen LogP contribution in [0, 0.1) is 5.92 Å². The normalized spacial score (nSPS) is 22.6. The Morgan fingerprint density at radius 3 is 2.30 bits per heavy atom. The van der Waals surface area contributed by atoms with E-state index in [9.17, 15) is 9.59 Å². The minimum atomic E-state index is -0.803. The zero-order valence-electron chi connectivity index (χ0n) is 12.3. The Balaban J connectivity index is 1.82. The number of aliphatic carboxylic acids is 1. The van der Waals surface area contributed by atoms with Crippen LogP contribution in [0.4, 0.5) is 0 Å². The first-order valence-corrected chi connectivity index (χ1v) is 8.12. The monoisotopic (exact) mass is 281 g/mol. The van der Waals surface area contributed by atoms with Crippen molar-refractivity contribution >= 4 is 11.9 Å². The molecule has 0 aromatic rings. The second-order valence-corrected chi connectivity index (χ2v) is 6.65. The van der Waals surface area contributed by atoms with Crippen molar-refractivity contribution in [2.24, 2.45) is 5.92 Å². The van der Waals surface area contributed by atoms with Gasteiger partial charge in [0.2, 0.25) is 5.91 Å². The first-order valence-electron chi connectivity index (χ1n) is 8.12. The van der Waals surface area contributed by atoms with E-state index < -0.39 is 11.5 Å². The number of carboxylic acids is 1. The Morgan fingerprint density at radius 1 is 1.05 bits per heavy atom. The number of nitrogens with one attached hydrogen (secondary N) is 1. The Morgan fingerprint density at radius 2 is 1.70 bits per heavy atom. The van der Waals surface area contributed by atoms with Gasteiger partial charge in [-0.1, -0.05) is 44.9 Å². The van der Waals surface area contributed by atoms with Gasteiger partial charge in [-0.15, -0.1) is 0 Å². The van der Waals surface area contributed by atoms with Crippen LogP contribution in [0.5, 0.6) is 0 Å². The zero-order chi connectivity index (χ0) is 14.4. The Labute approximate surface area is 121 Å². The van der Waals surface area contributed by atoms with E-state index in [-0.39, 0.29) is 12.3 Å². The van der Waals surface area contributed by atoms with Gasteiger partial charge in [-0.2, -0.15) is 0 Å². The molecule has 0 aliphatic heterocycles. The van der Waals surface area contributed by atoms with E-state index in [1.807, 2.05) is 0 Å². The Bertz CT molecular complexity index is 342. The standard InChI is InChI=1S/C16H27NO3/c18-14(9-8-13-6-2-3-7-13)17-16(12-15(19)20)10-4-1-5-11-16/h13H,1-12H2,(H,17,18)(H,19,20). The van der Waals surface area contributed by atoms with Crippen LogP contribution in [0.25, 0.3) is 0 Å². The molecule has 1 amide bonds. The van der Waals surface area contributed by atoms with Crippen LogP contribution in [0.1, 0.15) is 77.0 Å². The molecule has 0 heterocycles. The summed E-state index contributed by atoms with van der Waals surface area (Å²) in [7, 11) is 0. The summed E-state index contributed by atoms with van der Waals surface area (Å²) in [6.07, 6.45) is 11.5. The van der Waals surface area contributed by atoms with Crippen molar-refractivity contribution in [2.45, 2.75) is 82.6 Å². The maximum atomic E-state index is 12.2. The fourth-order valence-corrected chi connectivity index (χ4v) is 3.86. The van der Waals surface area contributed by atoms with Gasteiger partial charge in [-0.25, -0.2) is 0 Å². The molecule has 0 aromatic carbocycles. The van der Waals surface area contributed by atoms with Crippen LogP contribution in [-0.4, -0.2) is 22.5 Å². The van der Waals surface area contributed by atoms with Crippen LogP contribution in [0.15, 0.2) is 0 Å². The molecule has 20 heavy (non-hydrogen) atoms. The smallest absolute Gasteiger partial charge is 0.305 e. The van der Waals surface area contributed by atoms with Crippen LogP contribution >= 0.6 is 0 Å². The molecule has 114 valence electrons. The molecular weight excluding hydrogens is 254 g/mol. The third-order valence-electron chi connectivity index (χ3n) is 4.96. The first kappa shape index (κ1) is 15.3. The van der Waals surface area contributed by atoms with Gasteiger partial charge in [0.25, 0.3) is 0 Å². The summed E-state index contributed by atoms with van der Waals surface area (Å²) >= 11 is 0. The van der Waals surface area contributed by atoms with E-state index >= 15 is 0 Å². The molecule has 0 aromatic heterocycles. The molecule has 4 heteroatoms. The van der Waals surface area contributed by atoms with Crippen molar-refractivity contribution in [3.05, 3.63) is 0 Å². The number of carbonyl (C=O) groups is 2. The van der Waals surface area contributed by atoms with Crippen LogP contribution in [0.3, 0.4) is 0 Å². The highest BCUT2D eigenvalue weighted by atomic mass is 16.4. The van der Waals surface area contributed by atoms with Gasteiger partial charge in [0.05, 0.1) is 12.0 Å². The summed E-state index contributed by atoms with van der Waals surface area (Å²) in [5.74, 6) is -0.0365. The van der Waals surface area contributed by atoms with Crippen molar-refractivity contribution in [2.75, 3.05) is 0 Å². The van der Waals surface area contributed by atoms with E-state index in [4.69, 9.17) is 5.11 Å². The van der Waals surface area contributed by atoms with Crippen LogP contribution in [0.2, 0.25) is 0 Å². The van der Waals surface area contributed by atoms with E-state index in [1.54, 1.807) is 0 Å². The molecule has 2 rings (SSSR count). The lowest BCUT2D eigenvalue weighted by Crippen LogP contribution is -2.51. The molecule has 2 aliphatic carbocycles. The minimum absolute atomic E-state index is 0.0556. The van der Waals surface area contributed by atoms with Gasteiger partial charge >= 0.3 is 5.97 Å². The molecule has 0 spiro atoms. The van der Waals surface area contributed by atoms with Crippen molar-refractivity contribution in [1.29, 1.82) is 0 Å². The molecule has 0 radical (unpaired) electrons. The van der Waals surface area contributed by atoms with Crippen molar-refractivity contribution in [1.82, 2.24) is 5.32 Å². The fraction of sp³-hybridized carbons (Fsp3) is 0.875. The highest BCUT2D eigenvalue weighted by Crippen LogP contribution is 2.32. The summed E-state index contributed by atoms with van der Waals surface area (Å²) in [4.78, 5) is 23.2. The molecule has 2 fully saturated rings. The molecule has 0 atom stereocenters. The lowest BCUT2D eigenvalue weighted by molar-refractivity contribution is -0.139. The third kappa shape index (κ3) is 4.50. The first-order chi connectivity index (χ1) is 9.60. The van der Waals surface area contributed by atoms with Gasteiger partial charge in [0, 0.05) is 6.42 Å². The SMILES string of the molecule is O=C(O)CC1(NC(=O)CCC2CCCC2)CCCCC1. The molecule has 0 saturated heterocycles.